The molecule has 2 N–H and O–H groups in total. The first-order chi connectivity index (χ1) is 9.70. The van der Waals surface area contributed by atoms with Crippen molar-refractivity contribution in [1.29, 1.82) is 0 Å². The summed E-state index contributed by atoms with van der Waals surface area (Å²) in [5.41, 5.74) is 11.0. The van der Waals surface area contributed by atoms with E-state index < -0.39 is 0 Å². The van der Waals surface area contributed by atoms with E-state index in [9.17, 15) is 0 Å². The van der Waals surface area contributed by atoms with Crippen LogP contribution < -0.4 is 5.73 Å². The summed E-state index contributed by atoms with van der Waals surface area (Å²) in [6.45, 7) is 2.60. The van der Waals surface area contributed by atoms with Crippen LogP contribution >= 0.6 is 11.6 Å². The van der Waals surface area contributed by atoms with Gasteiger partial charge in [-0.15, -0.1) is 0 Å². The van der Waals surface area contributed by atoms with Gasteiger partial charge in [-0.3, -0.25) is 4.40 Å². The highest BCUT2D eigenvalue weighted by Crippen LogP contribution is 2.28. The number of rotatable bonds is 3. The van der Waals surface area contributed by atoms with Gasteiger partial charge in [0.1, 0.15) is 5.65 Å². The fraction of sp³-hybridized carbons (Fsp3) is 0.188. The molecule has 20 heavy (non-hydrogen) atoms. The molecule has 3 rings (SSSR count). The third kappa shape index (κ3) is 2.19. The Balaban J connectivity index is 2.35. The molecule has 0 unspecified atom stereocenters. The van der Waals surface area contributed by atoms with Crippen LogP contribution in [0.4, 0.5) is 0 Å². The third-order valence-corrected chi connectivity index (χ3v) is 3.58. The molecule has 2 aromatic heterocycles. The van der Waals surface area contributed by atoms with Gasteiger partial charge in [0.05, 0.1) is 16.4 Å². The summed E-state index contributed by atoms with van der Waals surface area (Å²) < 4.78 is 2.07. The minimum absolute atomic E-state index is 0.580. The van der Waals surface area contributed by atoms with E-state index in [0.717, 1.165) is 34.6 Å². The smallest absolute Gasteiger partial charge is 0.140 e. The Bertz CT molecular complexity index is 747. The van der Waals surface area contributed by atoms with E-state index in [2.05, 4.69) is 16.5 Å². The number of nitrogens with two attached hydrogens (primary N) is 1. The Hall–Kier alpha value is -1.84. The first kappa shape index (κ1) is 13.2. The van der Waals surface area contributed by atoms with Crippen molar-refractivity contribution in [2.75, 3.05) is 6.54 Å². The Morgan fingerprint density at radius 2 is 2.00 bits per heavy atom. The highest BCUT2D eigenvalue weighted by Gasteiger charge is 2.15. The van der Waals surface area contributed by atoms with Crippen LogP contribution in [0.15, 0.2) is 42.6 Å². The maximum atomic E-state index is 6.20. The van der Waals surface area contributed by atoms with Gasteiger partial charge in [0.25, 0.3) is 0 Å². The molecule has 2 heterocycles. The van der Waals surface area contributed by atoms with Gasteiger partial charge < -0.3 is 5.73 Å². The normalized spacial score (nSPS) is 11.2. The van der Waals surface area contributed by atoms with E-state index in [0.29, 0.717) is 11.6 Å². The largest absolute Gasteiger partial charge is 0.330 e. The molecule has 4 heteroatoms. The summed E-state index contributed by atoms with van der Waals surface area (Å²) in [5, 5.41) is 0.712. The highest BCUT2D eigenvalue weighted by atomic mass is 35.5. The summed E-state index contributed by atoms with van der Waals surface area (Å²) >= 11 is 6.20. The number of fused-ring (bicyclic) bond motifs is 1. The molecule has 0 saturated heterocycles. The van der Waals surface area contributed by atoms with Crippen LogP contribution in [0.1, 0.15) is 11.3 Å². The van der Waals surface area contributed by atoms with Crippen molar-refractivity contribution in [2.45, 2.75) is 13.3 Å². The lowest BCUT2D eigenvalue weighted by Crippen LogP contribution is -2.04. The Morgan fingerprint density at radius 1 is 1.25 bits per heavy atom. The number of benzene rings is 1. The van der Waals surface area contributed by atoms with Gasteiger partial charge >= 0.3 is 0 Å². The topological polar surface area (TPSA) is 43.3 Å². The van der Waals surface area contributed by atoms with E-state index in [1.807, 2.05) is 37.4 Å². The quantitative estimate of drug-likeness (QED) is 0.801. The molecule has 0 bridgehead atoms. The lowest BCUT2D eigenvalue weighted by Gasteiger charge is -2.06. The predicted molar refractivity (Wildman–Crippen MR) is 83.1 cm³/mol. The number of aryl methyl sites for hydroxylation is 1. The van der Waals surface area contributed by atoms with Gasteiger partial charge in [-0.25, -0.2) is 4.98 Å². The second-order valence-electron chi connectivity index (χ2n) is 4.85. The lowest BCUT2D eigenvalue weighted by atomic mass is 10.1. The standard InChI is InChI=1S/C16H16ClN3/c1-11-9-13(17)10-20-15(12-5-3-2-4-6-12)14(7-8-18)19-16(11)20/h2-6,9-10H,7-8,18H2,1H3. The molecule has 1 aromatic carbocycles. The molecule has 0 atom stereocenters. The number of hydrogen-bond acceptors (Lipinski definition) is 2. The minimum atomic E-state index is 0.580. The van der Waals surface area contributed by atoms with E-state index in [4.69, 9.17) is 22.3 Å². The highest BCUT2D eigenvalue weighted by molar-refractivity contribution is 6.30. The molecule has 0 amide bonds. The molecule has 0 spiro atoms. The van der Waals surface area contributed by atoms with Crippen molar-refractivity contribution >= 4 is 17.2 Å². The van der Waals surface area contributed by atoms with E-state index in [1.165, 1.54) is 0 Å². The van der Waals surface area contributed by atoms with Crippen LogP contribution in [0, 0.1) is 6.92 Å². The molecule has 102 valence electrons. The number of nitrogens with zero attached hydrogens (tertiary/aromatic N) is 2. The molecule has 0 saturated carbocycles. The fourth-order valence-corrected chi connectivity index (χ4v) is 2.79. The molecular weight excluding hydrogens is 270 g/mol. The maximum Gasteiger partial charge on any atom is 0.140 e. The van der Waals surface area contributed by atoms with Crippen LogP contribution in [-0.2, 0) is 6.42 Å². The zero-order chi connectivity index (χ0) is 14.1. The number of hydrogen-bond donors (Lipinski definition) is 1. The second kappa shape index (κ2) is 5.27. The second-order valence-corrected chi connectivity index (χ2v) is 5.28. The van der Waals surface area contributed by atoms with Crippen molar-refractivity contribution in [3.8, 4) is 11.3 Å². The monoisotopic (exact) mass is 285 g/mol. The first-order valence-electron chi connectivity index (χ1n) is 6.63. The Labute approximate surface area is 123 Å². The van der Waals surface area contributed by atoms with Crippen molar-refractivity contribution in [2.24, 2.45) is 5.73 Å². The molecular formula is C16H16ClN3. The van der Waals surface area contributed by atoms with Crippen molar-refractivity contribution in [3.63, 3.8) is 0 Å². The summed E-state index contributed by atoms with van der Waals surface area (Å²) in [7, 11) is 0. The molecule has 0 aliphatic rings. The fourth-order valence-electron chi connectivity index (χ4n) is 2.53. The van der Waals surface area contributed by atoms with Crippen LogP contribution in [0.25, 0.3) is 16.9 Å². The molecule has 0 aliphatic heterocycles. The number of halogens is 1. The van der Waals surface area contributed by atoms with Crippen LogP contribution in [0.5, 0.6) is 0 Å². The molecule has 0 radical (unpaired) electrons. The van der Waals surface area contributed by atoms with Gasteiger partial charge in [-0.1, -0.05) is 41.9 Å². The Morgan fingerprint density at radius 3 is 2.70 bits per heavy atom. The summed E-state index contributed by atoms with van der Waals surface area (Å²) in [6.07, 6.45) is 2.67. The number of aromatic nitrogens is 2. The molecule has 0 fully saturated rings. The van der Waals surface area contributed by atoms with E-state index in [1.54, 1.807) is 0 Å². The molecule has 3 nitrogen and oxygen atoms in total. The first-order valence-corrected chi connectivity index (χ1v) is 7.01. The minimum Gasteiger partial charge on any atom is -0.330 e. The van der Waals surface area contributed by atoms with Gasteiger partial charge in [0.2, 0.25) is 0 Å². The number of imidazole rings is 1. The van der Waals surface area contributed by atoms with E-state index in [-0.39, 0.29) is 0 Å². The average molecular weight is 286 g/mol. The van der Waals surface area contributed by atoms with Crippen molar-refractivity contribution in [1.82, 2.24) is 9.38 Å². The summed E-state index contributed by atoms with van der Waals surface area (Å²) in [4.78, 5) is 4.74. The third-order valence-electron chi connectivity index (χ3n) is 3.37. The summed E-state index contributed by atoms with van der Waals surface area (Å²) in [5.74, 6) is 0. The maximum absolute atomic E-state index is 6.20. The van der Waals surface area contributed by atoms with Crippen LogP contribution in [0.2, 0.25) is 5.02 Å². The lowest BCUT2D eigenvalue weighted by molar-refractivity contribution is 0.939. The van der Waals surface area contributed by atoms with Crippen LogP contribution in [0.3, 0.4) is 0 Å². The van der Waals surface area contributed by atoms with Crippen LogP contribution in [-0.4, -0.2) is 15.9 Å². The van der Waals surface area contributed by atoms with Gasteiger partial charge in [-0.05, 0) is 25.1 Å². The SMILES string of the molecule is Cc1cc(Cl)cn2c(-c3ccccc3)c(CCN)nc12. The molecule has 3 aromatic rings. The van der Waals surface area contributed by atoms with Gasteiger partial charge in [0.15, 0.2) is 0 Å². The zero-order valence-electron chi connectivity index (χ0n) is 11.3. The van der Waals surface area contributed by atoms with E-state index >= 15 is 0 Å². The van der Waals surface area contributed by atoms with Crippen molar-refractivity contribution in [3.05, 3.63) is 58.9 Å². The van der Waals surface area contributed by atoms with Gasteiger partial charge in [0, 0.05) is 18.2 Å². The number of pyridine rings is 1. The predicted octanol–water partition coefficient (Wildman–Crippen LogP) is 3.46. The van der Waals surface area contributed by atoms with Gasteiger partial charge in [-0.2, -0.15) is 0 Å². The van der Waals surface area contributed by atoms with Crippen molar-refractivity contribution < 1.29 is 0 Å². The molecule has 0 aliphatic carbocycles. The Kier molecular flexibility index (Phi) is 3.47. The summed E-state index contributed by atoms with van der Waals surface area (Å²) in [6, 6.07) is 12.2. The zero-order valence-corrected chi connectivity index (χ0v) is 12.1. The average Bonchev–Trinajstić information content (AvgIpc) is 2.79.